The van der Waals surface area contributed by atoms with Gasteiger partial charge in [-0.3, -0.25) is 14.3 Å². The van der Waals surface area contributed by atoms with Crippen LogP contribution in [0.15, 0.2) is 11.0 Å². The minimum Gasteiger partial charge on any atom is -0.369 e. The van der Waals surface area contributed by atoms with Crippen LogP contribution in [0.3, 0.4) is 0 Å². The summed E-state index contributed by atoms with van der Waals surface area (Å²) in [4.78, 5) is 27.3. The topological polar surface area (TPSA) is 145 Å². The Bertz CT molecular complexity index is 726. The molecule has 10 nitrogen and oxygen atoms in total. The number of ether oxygens (including phenoxy) is 1. The highest BCUT2D eigenvalue weighted by molar-refractivity contribution is 7.52. The highest BCUT2D eigenvalue weighted by Crippen LogP contribution is 2.41. The first-order valence-corrected chi connectivity index (χ1v) is 7.94. The largest absolute Gasteiger partial charge is 0.369 e. The molecule has 0 fully saturated rings. The predicted molar refractivity (Wildman–Crippen MR) is 74.8 cm³/mol. The number of hydrogen-bond donors (Lipinski definition) is 3. The molecule has 0 bridgehead atoms. The number of rotatable bonds is 7. The van der Waals surface area contributed by atoms with Gasteiger partial charge in [0.2, 0.25) is 5.95 Å². The van der Waals surface area contributed by atoms with Crippen molar-refractivity contribution < 1.29 is 18.7 Å². The van der Waals surface area contributed by atoms with Gasteiger partial charge in [-0.2, -0.15) is 10.1 Å². The van der Waals surface area contributed by atoms with Gasteiger partial charge in [0.25, 0.3) is 5.56 Å². The zero-order chi connectivity index (χ0) is 15.5. The quantitative estimate of drug-likeness (QED) is 0.474. The first kappa shape index (κ1) is 15.6. The molecule has 0 amide bonds. The van der Waals surface area contributed by atoms with Crippen LogP contribution in [0.1, 0.15) is 6.92 Å². The van der Waals surface area contributed by atoms with E-state index in [0.29, 0.717) is 11.0 Å². The van der Waals surface area contributed by atoms with Gasteiger partial charge in [0.15, 0.2) is 5.65 Å². The van der Waals surface area contributed by atoms with Crippen molar-refractivity contribution in [3.63, 3.8) is 0 Å². The molecule has 0 aliphatic heterocycles. The van der Waals surface area contributed by atoms with Gasteiger partial charge in [-0.25, -0.2) is 4.68 Å². The predicted octanol–water partition coefficient (Wildman–Crippen LogP) is -0.102. The third kappa shape index (κ3) is 3.88. The van der Waals surface area contributed by atoms with Gasteiger partial charge in [-0.15, -0.1) is 0 Å². The lowest BCUT2D eigenvalue weighted by Crippen LogP contribution is -2.13. The minimum absolute atomic E-state index is 0.00799. The Morgan fingerprint density at radius 2 is 2.33 bits per heavy atom. The van der Waals surface area contributed by atoms with Crippen molar-refractivity contribution in [3.05, 3.63) is 16.6 Å². The molecular formula is C10H16N5O5P. The van der Waals surface area contributed by atoms with E-state index >= 15 is 0 Å². The monoisotopic (exact) mass is 317 g/mol. The molecule has 0 saturated heterocycles. The van der Waals surface area contributed by atoms with E-state index in [1.54, 1.807) is 6.92 Å². The van der Waals surface area contributed by atoms with Crippen LogP contribution in [0.5, 0.6) is 0 Å². The molecule has 0 aliphatic carbocycles. The van der Waals surface area contributed by atoms with E-state index in [9.17, 15) is 14.3 Å². The number of nitrogens with one attached hydrogen (secondary N) is 1. The Morgan fingerprint density at radius 3 is 3.05 bits per heavy atom. The van der Waals surface area contributed by atoms with Crippen molar-refractivity contribution in [1.29, 1.82) is 0 Å². The van der Waals surface area contributed by atoms with Crippen LogP contribution in [-0.4, -0.2) is 44.2 Å². The summed E-state index contributed by atoms with van der Waals surface area (Å²) in [5.41, 5.74) is 5.43. The van der Waals surface area contributed by atoms with Gasteiger partial charge in [0.05, 0.1) is 26.0 Å². The summed E-state index contributed by atoms with van der Waals surface area (Å²) in [5, 5.41) is 4.31. The third-order valence-electron chi connectivity index (χ3n) is 2.56. The fourth-order valence-corrected chi connectivity index (χ4v) is 2.55. The molecule has 0 saturated carbocycles. The van der Waals surface area contributed by atoms with E-state index < -0.39 is 13.9 Å². The molecule has 2 aromatic heterocycles. The zero-order valence-corrected chi connectivity index (χ0v) is 12.2. The second-order valence-electron chi connectivity index (χ2n) is 4.15. The average molecular weight is 317 g/mol. The molecule has 21 heavy (non-hydrogen) atoms. The lowest BCUT2D eigenvalue weighted by Gasteiger charge is -2.11. The van der Waals surface area contributed by atoms with E-state index in [0.717, 1.165) is 0 Å². The standard InChI is InChI=1S/C10H16N5O5P/c1-2-20-21(17,18)6-19-4-3-15-8-7(5-12-15)9(16)14-10(11)13-8/h5H,2-4,6H2,1H3,(H,17,18)(H3,11,13,14,16). The fraction of sp³-hybridized carbons (Fsp3) is 0.500. The number of aromatic nitrogens is 4. The lowest BCUT2D eigenvalue weighted by molar-refractivity contribution is 0.137. The van der Waals surface area contributed by atoms with Gasteiger partial charge < -0.3 is 19.9 Å². The summed E-state index contributed by atoms with van der Waals surface area (Å²) in [6, 6.07) is 0. The van der Waals surface area contributed by atoms with Gasteiger partial charge >= 0.3 is 7.60 Å². The maximum Gasteiger partial charge on any atom is 0.353 e. The Balaban J connectivity index is 1.99. The second kappa shape index (κ2) is 6.35. The van der Waals surface area contributed by atoms with Crippen LogP contribution in [0, 0.1) is 0 Å². The molecule has 2 rings (SSSR count). The molecule has 0 aromatic carbocycles. The van der Waals surface area contributed by atoms with E-state index in [1.807, 2.05) is 0 Å². The van der Waals surface area contributed by atoms with Crippen molar-refractivity contribution in [2.24, 2.45) is 0 Å². The van der Waals surface area contributed by atoms with Crippen LogP contribution in [0.4, 0.5) is 5.95 Å². The van der Waals surface area contributed by atoms with Crippen LogP contribution in [0.2, 0.25) is 0 Å². The number of nitrogen functional groups attached to an aromatic ring is 1. The Labute approximate surface area is 119 Å². The molecule has 1 unspecified atom stereocenters. The first-order valence-electron chi connectivity index (χ1n) is 6.18. The Hall–Kier alpha value is -1.74. The zero-order valence-electron chi connectivity index (χ0n) is 11.4. The number of fused-ring (bicyclic) bond motifs is 1. The van der Waals surface area contributed by atoms with Crippen molar-refractivity contribution in [3.8, 4) is 0 Å². The van der Waals surface area contributed by atoms with Crippen LogP contribution in [0.25, 0.3) is 11.0 Å². The molecule has 1 atom stereocenters. The summed E-state index contributed by atoms with van der Waals surface area (Å²) in [7, 11) is -3.71. The summed E-state index contributed by atoms with van der Waals surface area (Å²) in [6.07, 6.45) is 0.966. The van der Waals surface area contributed by atoms with Gasteiger partial charge in [-0.1, -0.05) is 0 Å². The molecule has 2 heterocycles. The normalized spacial score (nSPS) is 14.4. The molecule has 0 spiro atoms. The SMILES string of the molecule is CCOP(=O)(O)COCCn1ncc2c(=O)[nH]c(N)nc21. The summed E-state index contributed by atoms with van der Waals surface area (Å²) in [6.45, 7) is 2.12. The fourth-order valence-electron chi connectivity index (χ4n) is 1.72. The maximum atomic E-state index is 11.6. The molecule has 2 aromatic rings. The van der Waals surface area contributed by atoms with E-state index in [4.69, 9.17) is 10.5 Å². The first-order chi connectivity index (χ1) is 9.93. The molecule has 11 heteroatoms. The number of nitrogens with two attached hydrogens (primary N) is 1. The molecule has 0 aliphatic rings. The van der Waals surface area contributed by atoms with Crippen molar-refractivity contribution in [1.82, 2.24) is 19.7 Å². The van der Waals surface area contributed by atoms with Gasteiger partial charge in [-0.05, 0) is 6.92 Å². The average Bonchev–Trinajstić information content (AvgIpc) is 2.78. The van der Waals surface area contributed by atoms with Crippen molar-refractivity contribution >= 4 is 24.6 Å². The lowest BCUT2D eigenvalue weighted by atomic mass is 10.4. The van der Waals surface area contributed by atoms with E-state index in [-0.39, 0.29) is 31.3 Å². The highest BCUT2D eigenvalue weighted by atomic mass is 31.2. The molecular weight excluding hydrogens is 301 g/mol. The van der Waals surface area contributed by atoms with E-state index in [2.05, 4.69) is 19.6 Å². The Kier molecular flexibility index (Phi) is 4.73. The minimum atomic E-state index is -3.71. The molecule has 116 valence electrons. The highest BCUT2D eigenvalue weighted by Gasteiger charge is 2.18. The smallest absolute Gasteiger partial charge is 0.353 e. The summed E-state index contributed by atoms with van der Waals surface area (Å²) >= 11 is 0. The van der Waals surface area contributed by atoms with Crippen LogP contribution < -0.4 is 11.3 Å². The summed E-state index contributed by atoms with van der Waals surface area (Å²) in [5.74, 6) is -0.00799. The van der Waals surface area contributed by atoms with Crippen molar-refractivity contribution in [2.45, 2.75) is 13.5 Å². The number of anilines is 1. The Morgan fingerprint density at radius 1 is 1.57 bits per heavy atom. The van der Waals surface area contributed by atoms with Gasteiger partial charge in [0, 0.05) is 0 Å². The van der Waals surface area contributed by atoms with E-state index in [1.165, 1.54) is 10.9 Å². The maximum absolute atomic E-state index is 11.6. The van der Waals surface area contributed by atoms with Crippen LogP contribution >= 0.6 is 7.60 Å². The second-order valence-corrected chi connectivity index (χ2v) is 5.94. The molecule has 4 N–H and O–H groups in total. The molecule has 0 radical (unpaired) electrons. The van der Waals surface area contributed by atoms with Gasteiger partial charge in [0.1, 0.15) is 11.7 Å². The number of H-pyrrole nitrogens is 1. The number of nitrogens with zero attached hydrogens (tertiary/aromatic N) is 3. The summed E-state index contributed by atoms with van der Waals surface area (Å²) < 4.78 is 22.6. The number of aromatic amines is 1. The third-order valence-corrected chi connectivity index (χ3v) is 3.73. The number of hydrogen-bond acceptors (Lipinski definition) is 7. The van der Waals surface area contributed by atoms with Crippen LogP contribution in [-0.2, 0) is 20.4 Å². The van der Waals surface area contributed by atoms with Crippen molar-refractivity contribution in [2.75, 3.05) is 25.3 Å².